The number of ketones is 1. The molecule has 1 saturated carbocycles. The van der Waals surface area contributed by atoms with Gasteiger partial charge in [-0.3, -0.25) is 4.79 Å². The third-order valence-electron chi connectivity index (χ3n) is 3.53. The molecule has 3 nitrogen and oxygen atoms in total. The predicted octanol–water partition coefficient (Wildman–Crippen LogP) is 6.31. The summed E-state index contributed by atoms with van der Waals surface area (Å²) in [6, 6.07) is 3.98. The number of hydrogen-bond donors (Lipinski definition) is 0. The topological polar surface area (TPSA) is 43.1 Å². The zero-order valence-corrected chi connectivity index (χ0v) is 15.3. The van der Waals surface area contributed by atoms with Gasteiger partial charge in [-0.05, 0) is 36.7 Å². The van der Waals surface area contributed by atoms with E-state index in [1.165, 1.54) is 18.2 Å². The molecule has 0 aliphatic heterocycles. The van der Waals surface area contributed by atoms with Gasteiger partial charge in [-0.15, -0.1) is 0 Å². The lowest BCUT2D eigenvalue weighted by Crippen LogP contribution is -2.21. The lowest BCUT2D eigenvalue weighted by atomic mass is 10.1. The van der Waals surface area contributed by atoms with E-state index < -0.39 is 16.7 Å². The number of nitrogens with zero attached hydrogens (tertiary/aromatic N) is 1. The highest BCUT2D eigenvalue weighted by atomic mass is 35.5. The van der Waals surface area contributed by atoms with E-state index in [-0.39, 0.29) is 43.9 Å². The van der Waals surface area contributed by atoms with Gasteiger partial charge in [0, 0.05) is 22.4 Å². The summed E-state index contributed by atoms with van der Waals surface area (Å²) in [4.78, 5) is 12.3. The van der Waals surface area contributed by atoms with Crippen LogP contribution in [0.3, 0.4) is 0 Å². The molecule has 3 rings (SSSR count). The first-order valence-corrected chi connectivity index (χ1v) is 9.06. The van der Waals surface area contributed by atoms with E-state index in [0.717, 1.165) is 12.8 Å². The summed E-state index contributed by atoms with van der Waals surface area (Å²) in [5, 5.41) is -0.672. The fraction of sp³-hybridized carbons (Fsp3) is 0.333. The van der Waals surface area contributed by atoms with Crippen molar-refractivity contribution in [3.05, 3.63) is 45.3 Å². The molecular formula is C15H9Cl3F3NO2S. The number of halogens is 6. The Bertz CT molecular complexity index is 824. The molecule has 1 unspecified atom stereocenters. The molecule has 0 bridgehead atoms. The molecule has 0 radical (unpaired) electrons. The minimum Gasteiger partial charge on any atom is -0.360 e. The molecular weight excluding hydrogens is 422 g/mol. The van der Waals surface area contributed by atoms with Crippen LogP contribution in [0.25, 0.3) is 0 Å². The summed E-state index contributed by atoms with van der Waals surface area (Å²) >= 11 is 16.4. The molecule has 10 heteroatoms. The number of hydrogen-bond acceptors (Lipinski definition) is 4. The fourth-order valence-corrected chi connectivity index (χ4v) is 3.54. The Labute approximate surface area is 159 Å². The Morgan fingerprint density at radius 2 is 2.04 bits per heavy atom. The average molecular weight is 431 g/mol. The molecule has 1 aliphatic carbocycles. The highest BCUT2D eigenvalue weighted by Crippen LogP contribution is 2.47. The van der Waals surface area contributed by atoms with Gasteiger partial charge in [-0.2, -0.15) is 8.78 Å². The Hall–Kier alpha value is -0.890. The fourth-order valence-electron chi connectivity index (χ4n) is 2.09. The number of rotatable bonds is 6. The molecule has 134 valence electrons. The summed E-state index contributed by atoms with van der Waals surface area (Å²) in [6.45, 7) is 0. The molecule has 0 N–H and O–H groups in total. The lowest BCUT2D eigenvalue weighted by molar-refractivity contribution is 0.0537. The van der Waals surface area contributed by atoms with Gasteiger partial charge in [0.15, 0.2) is 5.69 Å². The van der Waals surface area contributed by atoms with Gasteiger partial charge in [0.1, 0.15) is 5.76 Å². The van der Waals surface area contributed by atoms with Crippen molar-refractivity contribution in [1.82, 2.24) is 5.16 Å². The number of benzene rings is 1. The molecule has 1 atom stereocenters. The van der Waals surface area contributed by atoms with Crippen molar-refractivity contribution in [1.29, 1.82) is 0 Å². The Morgan fingerprint density at radius 3 is 2.64 bits per heavy atom. The summed E-state index contributed by atoms with van der Waals surface area (Å²) in [6.07, 6.45) is 1.88. The van der Waals surface area contributed by atoms with Crippen molar-refractivity contribution in [2.75, 3.05) is 0 Å². The van der Waals surface area contributed by atoms with Crippen molar-refractivity contribution in [2.45, 2.75) is 34.5 Å². The third kappa shape index (κ3) is 3.94. The Kier molecular flexibility index (Phi) is 5.31. The molecule has 0 amide bonds. The van der Waals surface area contributed by atoms with Crippen LogP contribution in [0, 0.1) is 0 Å². The van der Waals surface area contributed by atoms with Gasteiger partial charge in [-0.1, -0.05) is 40.0 Å². The maximum Gasteiger partial charge on any atom is 0.342 e. The van der Waals surface area contributed by atoms with Crippen LogP contribution in [0.5, 0.6) is 0 Å². The molecule has 0 spiro atoms. The second-order valence-electron chi connectivity index (χ2n) is 5.42. The van der Waals surface area contributed by atoms with Crippen LogP contribution < -0.4 is 0 Å². The zero-order valence-electron chi connectivity index (χ0n) is 12.2. The maximum atomic E-state index is 13.7. The largest absolute Gasteiger partial charge is 0.360 e. The highest BCUT2D eigenvalue weighted by Gasteiger charge is 2.42. The highest BCUT2D eigenvalue weighted by molar-refractivity contribution is 8.00. The second-order valence-corrected chi connectivity index (χ2v) is 7.75. The standard InChI is InChI=1S/C15H9Cl3F3NO2S/c16-8-4-3-7(13(11(8)17)25-15(20,21)14(18)19)12(23)9-5-10(24-22-9)6-1-2-6/h3-6,14H,1-2H2. The van der Waals surface area contributed by atoms with Crippen LogP contribution in [0.15, 0.2) is 27.6 Å². The number of aromatic nitrogens is 1. The zero-order chi connectivity index (χ0) is 18.4. The normalized spacial score (nSPS) is 16.1. The summed E-state index contributed by atoms with van der Waals surface area (Å²) in [7, 11) is 0. The van der Waals surface area contributed by atoms with Gasteiger partial charge >= 0.3 is 5.25 Å². The molecule has 2 aromatic rings. The van der Waals surface area contributed by atoms with Crippen LogP contribution in [0.2, 0.25) is 10.0 Å². The molecule has 25 heavy (non-hydrogen) atoms. The minimum atomic E-state index is -4.01. The number of carbonyl (C=O) groups excluding carboxylic acids is 1. The second kappa shape index (κ2) is 7.02. The molecule has 1 aliphatic rings. The first-order chi connectivity index (χ1) is 11.7. The van der Waals surface area contributed by atoms with Gasteiger partial charge in [0.05, 0.1) is 10.0 Å². The maximum absolute atomic E-state index is 13.7. The van der Waals surface area contributed by atoms with Crippen LogP contribution in [0.1, 0.15) is 40.6 Å². The van der Waals surface area contributed by atoms with Gasteiger partial charge in [-0.25, -0.2) is 4.39 Å². The SMILES string of the molecule is O=C(c1cc(C2CC2)on1)c1ccc(Cl)c(Cl)c1SC(F)(F)C(F)Cl. The van der Waals surface area contributed by atoms with Gasteiger partial charge in [0.2, 0.25) is 11.4 Å². The first kappa shape index (κ1) is 18.9. The van der Waals surface area contributed by atoms with E-state index in [9.17, 15) is 18.0 Å². The van der Waals surface area contributed by atoms with Crippen molar-refractivity contribution in [2.24, 2.45) is 0 Å². The number of carbonyl (C=O) groups is 1. The minimum absolute atomic E-state index is 0.0480. The van der Waals surface area contributed by atoms with Gasteiger partial charge in [0.25, 0.3) is 0 Å². The smallest absolute Gasteiger partial charge is 0.342 e. The summed E-state index contributed by atoms with van der Waals surface area (Å²) in [5.74, 6) is 0.106. The molecule has 1 aromatic carbocycles. The van der Waals surface area contributed by atoms with E-state index in [0.29, 0.717) is 5.76 Å². The van der Waals surface area contributed by atoms with E-state index >= 15 is 0 Å². The van der Waals surface area contributed by atoms with Crippen molar-refractivity contribution >= 4 is 52.3 Å². The van der Waals surface area contributed by atoms with E-state index in [1.807, 2.05) is 0 Å². The molecule has 0 saturated heterocycles. The first-order valence-electron chi connectivity index (χ1n) is 7.05. The molecule has 1 heterocycles. The number of thioether (sulfide) groups is 1. The van der Waals surface area contributed by atoms with Crippen LogP contribution >= 0.6 is 46.6 Å². The van der Waals surface area contributed by atoms with Crippen LogP contribution in [0.4, 0.5) is 13.2 Å². The summed E-state index contributed by atoms with van der Waals surface area (Å²) in [5.41, 5.74) is -3.20. The van der Waals surface area contributed by atoms with E-state index in [4.69, 9.17) is 39.3 Å². The van der Waals surface area contributed by atoms with E-state index in [1.54, 1.807) is 0 Å². The van der Waals surface area contributed by atoms with Crippen molar-refractivity contribution in [3.8, 4) is 0 Å². The Morgan fingerprint density at radius 1 is 1.36 bits per heavy atom. The van der Waals surface area contributed by atoms with E-state index in [2.05, 4.69) is 5.16 Å². The van der Waals surface area contributed by atoms with Gasteiger partial charge < -0.3 is 4.52 Å². The van der Waals surface area contributed by atoms with Crippen molar-refractivity contribution in [3.63, 3.8) is 0 Å². The quantitative estimate of drug-likeness (QED) is 0.306. The lowest BCUT2D eigenvalue weighted by Gasteiger charge is -2.18. The third-order valence-corrected chi connectivity index (χ3v) is 5.95. The average Bonchev–Trinajstić information content (AvgIpc) is 3.28. The number of alkyl halides is 4. The van der Waals surface area contributed by atoms with Crippen LogP contribution in [-0.4, -0.2) is 21.8 Å². The monoisotopic (exact) mass is 429 g/mol. The molecule has 1 fully saturated rings. The predicted molar refractivity (Wildman–Crippen MR) is 89.9 cm³/mol. The van der Waals surface area contributed by atoms with Crippen molar-refractivity contribution < 1.29 is 22.5 Å². The van der Waals surface area contributed by atoms with Crippen LogP contribution in [-0.2, 0) is 0 Å². The Balaban J connectivity index is 1.99. The summed E-state index contributed by atoms with van der Waals surface area (Å²) < 4.78 is 45.5. The molecule has 1 aromatic heterocycles.